The Morgan fingerprint density at radius 3 is 2.11 bits per heavy atom. The van der Waals surface area contributed by atoms with Crippen molar-refractivity contribution in [2.75, 3.05) is 6.61 Å². The second-order valence-corrected chi connectivity index (χ2v) is 6.51. The minimum atomic E-state index is -0.574. The zero-order valence-electron chi connectivity index (χ0n) is 14.7. The maximum absolute atomic E-state index is 12.8. The molecule has 1 aliphatic rings. The highest BCUT2D eigenvalue weighted by molar-refractivity contribution is 5.94. The molecule has 0 saturated carbocycles. The van der Waals surface area contributed by atoms with Crippen molar-refractivity contribution in [3.63, 3.8) is 0 Å². The van der Waals surface area contributed by atoms with Crippen LogP contribution in [0.4, 0.5) is 4.79 Å². The second kappa shape index (κ2) is 7.46. The third-order valence-corrected chi connectivity index (χ3v) is 4.74. The average molecular weight is 357 g/mol. The molecule has 0 radical (unpaired) electrons. The number of carbonyl (C=O) groups is 2. The van der Waals surface area contributed by atoms with Crippen LogP contribution in [0.25, 0.3) is 11.1 Å². The first-order valence-corrected chi connectivity index (χ1v) is 8.90. The van der Waals surface area contributed by atoms with Crippen LogP contribution in [-0.4, -0.2) is 23.5 Å². The lowest BCUT2D eigenvalue weighted by Gasteiger charge is -2.20. The summed E-state index contributed by atoms with van der Waals surface area (Å²) in [6, 6.07) is 27.0. The number of hydrogen-bond donors (Lipinski definition) is 0. The van der Waals surface area contributed by atoms with Crippen molar-refractivity contribution in [1.29, 1.82) is 0 Å². The lowest BCUT2D eigenvalue weighted by atomic mass is 10.0. The number of cyclic esters (lactones) is 1. The molecule has 0 unspecified atom stereocenters. The summed E-state index contributed by atoms with van der Waals surface area (Å²) in [5.41, 5.74) is 3.99. The molecule has 1 heterocycles. The first-order valence-electron chi connectivity index (χ1n) is 8.90. The summed E-state index contributed by atoms with van der Waals surface area (Å²) in [6.45, 7) is 0.196. The van der Waals surface area contributed by atoms with Gasteiger partial charge in [0.1, 0.15) is 12.6 Å². The van der Waals surface area contributed by atoms with Crippen LogP contribution in [0.1, 0.15) is 17.2 Å². The molecule has 4 nitrogen and oxygen atoms in total. The number of amides is 2. The van der Waals surface area contributed by atoms with Crippen LogP contribution in [0.5, 0.6) is 0 Å². The van der Waals surface area contributed by atoms with E-state index in [1.54, 1.807) is 0 Å². The number of hydrogen-bond acceptors (Lipinski definition) is 3. The Bertz CT molecular complexity index is 936. The zero-order chi connectivity index (χ0) is 18.6. The maximum atomic E-state index is 12.8. The van der Waals surface area contributed by atoms with Gasteiger partial charge in [-0.2, -0.15) is 0 Å². The molecule has 3 aromatic carbocycles. The predicted octanol–water partition coefficient (Wildman–Crippen LogP) is 4.62. The second-order valence-electron chi connectivity index (χ2n) is 6.51. The predicted molar refractivity (Wildman–Crippen MR) is 103 cm³/mol. The minimum Gasteiger partial charge on any atom is -0.446 e. The molecule has 0 N–H and O–H groups in total. The van der Waals surface area contributed by atoms with E-state index in [1.165, 1.54) is 4.90 Å². The van der Waals surface area contributed by atoms with Crippen LogP contribution in [0.15, 0.2) is 84.9 Å². The lowest BCUT2D eigenvalue weighted by Crippen LogP contribution is -2.35. The van der Waals surface area contributed by atoms with Gasteiger partial charge in [0.2, 0.25) is 5.91 Å². The molecule has 0 spiro atoms. The molecule has 1 fully saturated rings. The molecule has 1 saturated heterocycles. The SMILES string of the molecule is O=C(Cc1ccc(-c2ccccc2)cc1)N1C(=O)OC[C@@H]1c1ccccc1. The molecule has 4 rings (SSSR count). The quantitative estimate of drug-likeness (QED) is 0.685. The molecular formula is C23H19NO3. The Balaban J connectivity index is 1.50. The van der Waals surface area contributed by atoms with Crippen LogP contribution in [-0.2, 0) is 16.0 Å². The van der Waals surface area contributed by atoms with Gasteiger partial charge in [0.05, 0.1) is 6.42 Å². The number of ether oxygens (including phenoxy) is 1. The van der Waals surface area contributed by atoms with E-state index in [0.717, 1.165) is 22.3 Å². The summed E-state index contributed by atoms with van der Waals surface area (Å²) in [4.78, 5) is 26.1. The molecule has 134 valence electrons. The fourth-order valence-electron chi connectivity index (χ4n) is 3.32. The highest BCUT2D eigenvalue weighted by Gasteiger charge is 2.38. The summed E-state index contributed by atoms with van der Waals surface area (Å²) >= 11 is 0. The number of imide groups is 1. The molecule has 27 heavy (non-hydrogen) atoms. The van der Waals surface area contributed by atoms with Crippen LogP contribution in [0.3, 0.4) is 0 Å². The van der Waals surface area contributed by atoms with Crippen molar-refractivity contribution in [3.8, 4) is 11.1 Å². The summed E-state index contributed by atoms with van der Waals surface area (Å²) in [6.07, 6.45) is -0.414. The van der Waals surface area contributed by atoms with Gasteiger partial charge in [-0.25, -0.2) is 9.69 Å². The maximum Gasteiger partial charge on any atom is 0.417 e. The van der Waals surface area contributed by atoms with Gasteiger partial charge in [0.15, 0.2) is 0 Å². The van der Waals surface area contributed by atoms with Gasteiger partial charge in [-0.05, 0) is 22.3 Å². The Morgan fingerprint density at radius 2 is 1.44 bits per heavy atom. The smallest absolute Gasteiger partial charge is 0.417 e. The van der Waals surface area contributed by atoms with Crippen LogP contribution in [0, 0.1) is 0 Å². The first kappa shape index (κ1) is 17.0. The molecule has 0 aromatic heterocycles. The first-order chi connectivity index (χ1) is 13.2. The van der Waals surface area contributed by atoms with Crippen molar-refractivity contribution in [3.05, 3.63) is 96.1 Å². The topological polar surface area (TPSA) is 46.6 Å². The van der Waals surface area contributed by atoms with Crippen molar-refractivity contribution in [1.82, 2.24) is 4.90 Å². The monoisotopic (exact) mass is 357 g/mol. The largest absolute Gasteiger partial charge is 0.446 e. The standard InChI is InChI=1S/C23H19NO3/c25-22(24-21(16-27-23(24)26)20-9-5-2-6-10-20)15-17-11-13-19(14-12-17)18-7-3-1-4-8-18/h1-14,21H,15-16H2/t21-/m1/s1. The lowest BCUT2D eigenvalue weighted by molar-refractivity contribution is -0.128. The fourth-order valence-corrected chi connectivity index (χ4v) is 3.32. The van der Waals surface area contributed by atoms with Crippen LogP contribution in [0.2, 0.25) is 0 Å². The molecular weight excluding hydrogens is 338 g/mol. The molecule has 1 atom stereocenters. The van der Waals surface area contributed by atoms with E-state index in [0.29, 0.717) is 0 Å². The van der Waals surface area contributed by atoms with E-state index in [9.17, 15) is 9.59 Å². The zero-order valence-corrected chi connectivity index (χ0v) is 14.7. The third kappa shape index (κ3) is 3.60. The number of nitrogens with zero attached hydrogens (tertiary/aromatic N) is 1. The van der Waals surface area contributed by atoms with Gasteiger partial charge in [0.25, 0.3) is 0 Å². The summed E-state index contributed by atoms with van der Waals surface area (Å²) in [5.74, 6) is -0.251. The van der Waals surface area contributed by atoms with Gasteiger partial charge >= 0.3 is 6.09 Å². The van der Waals surface area contributed by atoms with Gasteiger partial charge in [-0.15, -0.1) is 0 Å². The fraction of sp³-hybridized carbons (Fsp3) is 0.130. The average Bonchev–Trinajstić information content (AvgIpc) is 3.11. The number of benzene rings is 3. The minimum absolute atomic E-state index is 0.160. The van der Waals surface area contributed by atoms with Crippen molar-refractivity contribution >= 4 is 12.0 Å². The van der Waals surface area contributed by atoms with Crippen LogP contribution >= 0.6 is 0 Å². The Morgan fingerprint density at radius 1 is 0.852 bits per heavy atom. The Labute approximate surface area is 158 Å². The molecule has 1 aliphatic heterocycles. The third-order valence-electron chi connectivity index (χ3n) is 4.74. The van der Waals surface area contributed by atoms with Crippen molar-refractivity contribution < 1.29 is 14.3 Å². The van der Waals surface area contributed by atoms with Crippen LogP contribution < -0.4 is 0 Å². The van der Waals surface area contributed by atoms with Crippen molar-refractivity contribution in [2.45, 2.75) is 12.5 Å². The van der Waals surface area contributed by atoms with E-state index in [2.05, 4.69) is 0 Å². The van der Waals surface area contributed by atoms with E-state index in [-0.39, 0.29) is 25.0 Å². The molecule has 3 aromatic rings. The highest BCUT2D eigenvalue weighted by atomic mass is 16.6. The molecule has 4 heteroatoms. The summed E-state index contributed by atoms with van der Waals surface area (Å²) in [5, 5.41) is 0. The highest BCUT2D eigenvalue weighted by Crippen LogP contribution is 2.28. The molecule has 0 aliphatic carbocycles. The van der Waals surface area contributed by atoms with Gasteiger partial charge in [-0.3, -0.25) is 4.79 Å². The Hall–Kier alpha value is -3.40. The molecule has 2 amide bonds. The number of rotatable bonds is 4. The van der Waals surface area contributed by atoms with Gasteiger partial charge in [0, 0.05) is 0 Å². The van der Waals surface area contributed by atoms with E-state index in [4.69, 9.17) is 4.74 Å². The molecule has 0 bridgehead atoms. The van der Waals surface area contributed by atoms with Crippen molar-refractivity contribution in [2.24, 2.45) is 0 Å². The van der Waals surface area contributed by atoms with E-state index in [1.807, 2.05) is 84.9 Å². The summed E-state index contributed by atoms with van der Waals surface area (Å²) < 4.78 is 5.13. The van der Waals surface area contributed by atoms with E-state index >= 15 is 0 Å². The van der Waals surface area contributed by atoms with Gasteiger partial charge in [-0.1, -0.05) is 84.9 Å². The summed E-state index contributed by atoms with van der Waals surface area (Å²) in [7, 11) is 0. The van der Waals surface area contributed by atoms with E-state index < -0.39 is 6.09 Å². The number of carbonyl (C=O) groups excluding carboxylic acids is 2. The Kier molecular flexibility index (Phi) is 4.71. The normalized spacial score (nSPS) is 16.2. The van der Waals surface area contributed by atoms with Gasteiger partial charge < -0.3 is 4.74 Å².